The molecule has 0 atom stereocenters. The highest BCUT2D eigenvalue weighted by atomic mass is 32.2. The predicted octanol–water partition coefficient (Wildman–Crippen LogP) is 5.14. The van der Waals surface area contributed by atoms with E-state index in [1.165, 1.54) is 12.7 Å². The van der Waals surface area contributed by atoms with Crippen LogP contribution >= 0.6 is 11.8 Å². The van der Waals surface area contributed by atoms with Crippen molar-refractivity contribution in [1.82, 2.24) is 0 Å². The first-order chi connectivity index (χ1) is 12.7. The molecule has 26 heavy (non-hydrogen) atoms. The van der Waals surface area contributed by atoms with Crippen molar-refractivity contribution in [3.05, 3.63) is 65.7 Å². The summed E-state index contributed by atoms with van der Waals surface area (Å²) < 4.78 is 4.84. The summed E-state index contributed by atoms with van der Waals surface area (Å²) in [5.41, 5.74) is 2.06. The van der Waals surface area contributed by atoms with Gasteiger partial charge in [-0.3, -0.25) is 9.59 Å². The number of ketones is 1. The maximum atomic E-state index is 13.0. The highest BCUT2D eigenvalue weighted by molar-refractivity contribution is 7.98. The molecule has 2 aromatic carbocycles. The number of Topliss-reactive ketones (excluding diaryl/α,β-unsaturated/α-hetero) is 1. The molecule has 0 aliphatic heterocycles. The van der Waals surface area contributed by atoms with Crippen molar-refractivity contribution in [2.45, 2.75) is 36.3 Å². The zero-order chi connectivity index (χ0) is 18.4. The number of esters is 1. The van der Waals surface area contributed by atoms with Gasteiger partial charge >= 0.3 is 5.97 Å². The minimum absolute atomic E-state index is 0.00869. The fourth-order valence-corrected chi connectivity index (χ4v) is 4.52. The van der Waals surface area contributed by atoms with Crippen LogP contribution in [0.25, 0.3) is 0 Å². The lowest BCUT2D eigenvalue weighted by atomic mass is 9.78. The Kier molecular flexibility index (Phi) is 6.51. The Morgan fingerprint density at radius 2 is 1.54 bits per heavy atom. The van der Waals surface area contributed by atoms with E-state index in [4.69, 9.17) is 4.74 Å². The largest absolute Gasteiger partial charge is 0.469 e. The van der Waals surface area contributed by atoms with Gasteiger partial charge in [-0.1, -0.05) is 48.5 Å². The summed E-state index contributed by atoms with van der Waals surface area (Å²) in [6.45, 7) is 0. The van der Waals surface area contributed by atoms with Crippen molar-refractivity contribution in [3.8, 4) is 0 Å². The van der Waals surface area contributed by atoms with Crippen LogP contribution in [0.4, 0.5) is 0 Å². The molecule has 3 rings (SSSR count). The minimum Gasteiger partial charge on any atom is -0.469 e. The second-order valence-corrected chi connectivity index (χ2v) is 7.72. The normalized spacial score (nSPS) is 19.7. The van der Waals surface area contributed by atoms with Gasteiger partial charge in [-0.15, -0.1) is 11.8 Å². The molecular formula is C22H24O3S. The molecule has 0 heterocycles. The standard InChI is InChI=1S/C22H24O3S/c1-25-22(24)18-13-11-17(12-14-18)21(23)19-9-5-6-10-20(19)26-15-16-7-3-2-4-8-16/h2-10,17-18H,11-15H2,1H3/t17-,18-. The van der Waals surface area contributed by atoms with Crippen LogP contribution in [0.5, 0.6) is 0 Å². The van der Waals surface area contributed by atoms with Crippen LogP contribution in [0, 0.1) is 11.8 Å². The number of rotatable bonds is 6. The van der Waals surface area contributed by atoms with E-state index >= 15 is 0 Å². The van der Waals surface area contributed by atoms with Crippen LogP contribution in [0.15, 0.2) is 59.5 Å². The van der Waals surface area contributed by atoms with E-state index in [9.17, 15) is 9.59 Å². The Labute approximate surface area is 159 Å². The van der Waals surface area contributed by atoms with Gasteiger partial charge in [0.2, 0.25) is 0 Å². The fourth-order valence-electron chi connectivity index (χ4n) is 3.51. The van der Waals surface area contributed by atoms with Gasteiger partial charge in [-0.25, -0.2) is 0 Å². The van der Waals surface area contributed by atoms with Crippen LogP contribution in [0.3, 0.4) is 0 Å². The van der Waals surface area contributed by atoms with Gasteiger partial charge in [0.1, 0.15) is 0 Å². The summed E-state index contributed by atoms with van der Waals surface area (Å²) in [6, 6.07) is 18.2. The zero-order valence-electron chi connectivity index (χ0n) is 15.0. The average Bonchev–Trinajstić information content (AvgIpc) is 2.72. The van der Waals surface area contributed by atoms with E-state index in [1.54, 1.807) is 11.8 Å². The molecule has 1 aliphatic rings. The number of methoxy groups -OCH3 is 1. The van der Waals surface area contributed by atoms with Crippen molar-refractivity contribution in [1.29, 1.82) is 0 Å². The highest BCUT2D eigenvalue weighted by Crippen LogP contribution is 2.34. The van der Waals surface area contributed by atoms with E-state index in [0.29, 0.717) is 0 Å². The van der Waals surface area contributed by atoms with E-state index in [1.807, 2.05) is 42.5 Å². The lowest BCUT2D eigenvalue weighted by molar-refractivity contribution is -0.146. The Bertz CT molecular complexity index is 749. The van der Waals surface area contributed by atoms with Crippen molar-refractivity contribution in [2.75, 3.05) is 7.11 Å². The number of ether oxygens (including phenoxy) is 1. The molecule has 4 heteroatoms. The van der Waals surface area contributed by atoms with Gasteiger partial charge in [0.05, 0.1) is 13.0 Å². The number of hydrogen-bond acceptors (Lipinski definition) is 4. The molecule has 1 fully saturated rings. The summed E-state index contributed by atoms with van der Waals surface area (Å²) in [5, 5.41) is 0. The van der Waals surface area contributed by atoms with Crippen LogP contribution in [-0.4, -0.2) is 18.9 Å². The molecule has 0 N–H and O–H groups in total. The maximum absolute atomic E-state index is 13.0. The molecule has 0 unspecified atom stereocenters. The molecule has 0 saturated heterocycles. The summed E-state index contributed by atoms with van der Waals surface area (Å²) in [5.74, 6) is 0.876. The zero-order valence-corrected chi connectivity index (χ0v) is 15.8. The molecule has 1 saturated carbocycles. The van der Waals surface area contributed by atoms with E-state index < -0.39 is 0 Å². The molecule has 0 amide bonds. The van der Waals surface area contributed by atoms with E-state index in [-0.39, 0.29) is 23.6 Å². The molecule has 1 aliphatic carbocycles. The van der Waals surface area contributed by atoms with E-state index in [2.05, 4.69) is 12.1 Å². The smallest absolute Gasteiger partial charge is 0.308 e. The Morgan fingerprint density at radius 1 is 0.923 bits per heavy atom. The van der Waals surface area contributed by atoms with Crippen LogP contribution in [0.1, 0.15) is 41.6 Å². The van der Waals surface area contributed by atoms with E-state index in [0.717, 1.165) is 41.9 Å². The third-order valence-corrected chi connectivity index (χ3v) is 6.17. The maximum Gasteiger partial charge on any atom is 0.308 e. The second-order valence-electron chi connectivity index (χ2n) is 6.71. The molecule has 0 spiro atoms. The first kappa shape index (κ1) is 18.7. The lowest BCUT2D eigenvalue weighted by Gasteiger charge is -2.26. The van der Waals surface area contributed by atoms with Gasteiger partial charge in [-0.2, -0.15) is 0 Å². The molecule has 3 nitrogen and oxygen atoms in total. The van der Waals surface area contributed by atoms with Gasteiger partial charge in [0, 0.05) is 22.1 Å². The topological polar surface area (TPSA) is 43.4 Å². The first-order valence-electron chi connectivity index (χ1n) is 9.07. The molecular weight excluding hydrogens is 344 g/mol. The average molecular weight is 368 g/mol. The van der Waals surface area contributed by atoms with Crippen LogP contribution < -0.4 is 0 Å². The summed E-state index contributed by atoms with van der Waals surface area (Å²) in [4.78, 5) is 25.8. The van der Waals surface area contributed by atoms with Crippen LogP contribution in [0.2, 0.25) is 0 Å². The second kappa shape index (κ2) is 9.04. The number of hydrogen-bond donors (Lipinski definition) is 0. The number of carbonyl (C=O) groups is 2. The summed E-state index contributed by atoms with van der Waals surface area (Å²) >= 11 is 1.71. The van der Waals surface area contributed by atoms with Crippen molar-refractivity contribution in [2.24, 2.45) is 11.8 Å². The third-order valence-electron chi connectivity index (χ3n) is 5.02. The molecule has 136 valence electrons. The molecule has 0 radical (unpaired) electrons. The van der Waals surface area contributed by atoms with Crippen molar-refractivity contribution < 1.29 is 14.3 Å². The van der Waals surface area contributed by atoms with Gasteiger partial charge in [0.25, 0.3) is 0 Å². The molecule has 2 aromatic rings. The Hall–Kier alpha value is -2.07. The number of thioether (sulfide) groups is 1. The number of carbonyl (C=O) groups excluding carboxylic acids is 2. The molecule has 0 bridgehead atoms. The fraction of sp³-hybridized carbons (Fsp3) is 0.364. The summed E-state index contributed by atoms with van der Waals surface area (Å²) in [7, 11) is 1.43. The first-order valence-corrected chi connectivity index (χ1v) is 10.1. The summed E-state index contributed by atoms with van der Waals surface area (Å²) in [6.07, 6.45) is 3.00. The van der Waals surface area contributed by atoms with Gasteiger partial charge in [-0.05, 0) is 37.3 Å². The minimum atomic E-state index is -0.144. The Morgan fingerprint density at radius 3 is 2.23 bits per heavy atom. The van der Waals surface area contributed by atoms with Gasteiger partial charge < -0.3 is 4.74 Å². The van der Waals surface area contributed by atoms with Crippen molar-refractivity contribution in [3.63, 3.8) is 0 Å². The van der Waals surface area contributed by atoms with Gasteiger partial charge in [0.15, 0.2) is 5.78 Å². The third kappa shape index (κ3) is 4.55. The van der Waals surface area contributed by atoms with Crippen LogP contribution in [-0.2, 0) is 15.3 Å². The highest BCUT2D eigenvalue weighted by Gasteiger charge is 2.31. The Balaban J connectivity index is 1.65. The van der Waals surface area contributed by atoms with Crippen molar-refractivity contribution >= 4 is 23.5 Å². The SMILES string of the molecule is COC(=O)[C@H]1CC[C@H](C(=O)c2ccccc2SCc2ccccc2)CC1. The predicted molar refractivity (Wildman–Crippen MR) is 104 cm³/mol. The monoisotopic (exact) mass is 368 g/mol. The quantitative estimate of drug-likeness (QED) is 0.402. The number of benzene rings is 2. The lowest BCUT2D eigenvalue weighted by Crippen LogP contribution is -2.27. The molecule has 0 aromatic heterocycles.